The third-order valence-corrected chi connectivity index (χ3v) is 4.01. The summed E-state index contributed by atoms with van der Waals surface area (Å²) in [6.07, 6.45) is 2.65. The molecule has 1 N–H and O–H groups in total. The van der Waals surface area contributed by atoms with Crippen LogP contribution in [0.25, 0.3) is 0 Å². The molecule has 102 valence electrons. The molecule has 1 rings (SSSR count). The van der Waals surface area contributed by atoms with Crippen LogP contribution in [0.1, 0.15) is 33.6 Å². The first-order chi connectivity index (χ1) is 8.04. The molecule has 17 heavy (non-hydrogen) atoms. The van der Waals surface area contributed by atoms with Gasteiger partial charge in [-0.3, -0.25) is 0 Å². The van der Waals surface area contributed by atoms with E-state index in [1.807, 2.05) is 0 Å². The third-order valence-electron chi connectivity index (χ3n) is 4.01. The lowest BCUT2D eigenvalue weighted by Gasteiger charge is -2.37. The Morgan fingerprint density at radius 2 is 1.82 bits per heavy atom. The minimum absolute atomic E-state index is 0.649. The first-order valence-corrected chi connectivity index (χ1v) is 7.16. The van der Waals surface area contributed by atoms with Gasteiger partial charge in [0.2, 0.25) is 0 Å². The number of hydrogen-bond acceptors (Lipinski definition) is 3. The molecule has 1 aliphatic heterocycles. The van der Waals surface area contributed by atoms with E-state index in [9.17, 15) is 0 Å². The van der Waals surface area contributed by atoms with Gasteiger partial charge in [0.05, 0.1) is 0 Å². The number of hydrogen-bond donors (Lipinski definition) is 1. The quantitative estimate of drug-likeness (QED) is 0.763. The summed E-state index contributed by atoms with van der Waals surface area (Å²) in [5, 5.41) is 3.61. The fraction of sp³-hybridized carbons (Fsp3) is 1.00. The number of nitrogens with one attached hydrogen (secondary N) is 1. The van der Waals surface area contributed by atoms with E-state index >= 15 is 0 Å². The standard InChI is InChI=1S/C14H31N3/c1-6-15-14(12(2)3)11-17-9-7-13(8-10-17)16(4)5/h12-15H,6-11H2,1-5H3. The predicted octanol–water partition coefficient (Wildman–Crippen LogP) is 1.65. The third kappa shape index (κ3) is 4.94. The number of piperidine rings is 1. The molecule has 0 aromatic rings. The second-order valence-corrected chi connectivity index (χ2v) is 5.90. The van der Waals surface area contributed by atoms with Crippen LogP contribution in [0, 0.1) is 5.92 Å². The summed E-state index contributed by atoms with van der Waals surface area (Å²) >= 11 is 0. The highest BCUT2D eigenvalue weighted by atomic mass is 15.2. The fourth-order valence-corrected chi connectivity index (χ4v) is 2.67. The topological polar surface area (TPSA) is 18.5 Å². The molecule has 0 saturated carbocycles. The SMILES string of the molecule is CCNC(CN1CCC(N(C)C)CC1)C(C)C. The van der Waals surface area contributed by atoms with Gasteiger partial charge in [0, 0.05) is 18.6 Å². The molecule has 0 spiro atoms. The normalized spacial score (nSPS) is 21.4. The lowest BCUT2D eigenvalue weighted by Crippen LogP contribution is -2.49. The molecular formula is C14H31N3. The molecule has 1 fully saturated rings. The van der Waals surface area contributed by atoms with Gasteiger partial charge in [0.15, 0.2) is 0 Å². The zero-order valence-corrected chi connectivity index (χ0v) is 12.4. The van der Waals surface area contributed by atoms with Crippen molar-refractivity contribution in [1.82, 2.24) is 15.1 Å². The van der Waals surface area contributed by atoms with Crippen LogP contribution >= 0.6 is 0 Å². The zero-order valence-electron chi connectivity index (χ0n) is 12.4. The molecular weight excluding hydrogens is 210 g/mol. The lowest BCUT2D eigenvalue weighted by atomic mass is 10.00. The van der Waals surface area contributed by atoms with Crippen molar-refractivity contribution in [3.8, 4) is 0 Å². The van der Waals surface area contributed by atoms with E-state index in [0.29, 0.717) is 6.04 Å². The number of likely N-dealkylation sites (tertiary alicyclic amines) is 1. The smallest absolute Gasteiger partial charge is 0.0217 e. The molecule has 0 amide bonds. The second-order valence-electron chi connectivity index (χ2n) is 5.90. The molecule has 3 nitrogen and oxygen atoms in total. The van der Waals surface area contributed by atoms with Gasteiger partial charge in [0.25, 0.3) is 0 Å². The van der Waals surface area contributed by atoms with Crippen molar-refractivity contribution in [2.75, 3.05) is 40.3 Å². The highest BCUT2D eigenvalue weighted by Crippen LogP contribution is 2.15. The minimum atomic E-state index is 0.649. The Labute approximate surface area is 108 Å². The molecule has 0 aromatic heterocycles. The van der Waals surface area contributed by atoms with Crippen molar-refractivity contribution in [1.29, 1.82) is 0 Å². The maximum absolute atomic E-state index is 3.61. The van der Waals surface area contributed by atoms with Crippen molar-refractivity contribution < 1.29 is 0 Å². The highest BCUT2D eigenvalue weighted by molar-refractivity contribution is 4.81. The van der Waals surface area contributed by atoms with E-state index in [1.54, 1.807) is 0 Å². The van der Waals surface area contributed by atoms with Gasteiger partial charge < -0.3 is 15.1 Å². The number of nitrogens with zero attached hydrogens (tertiary/aromatic N) is 2. The van der Waals surface area contributed by atoms with Crippen LogP contribution in [0.3, 0.4) is 0 Å². The Hall–Kier alpha value is -0.120. The van der Waals surface area contributed by atoms with Crippen molar-refractivity contribution in [3.63, 3.8) is 0 Å². The average Bonchev–Trinajstić information content (AvgIpc) is 2.29. The van der Waals surface area contributed by atoms with Gasteiger partial charge in [-0.05, 0) is 52.5 Å². The van der Waals surface area contributed by atoms with Crippen molar-refractivity contribution in [3.05, 3.63) is 0 Å². The summed E-state index contributed by atoms with van der Waals surface area (Å²) in [5.41, 5.74) is 0. The van der Waals surface area contributed by atoms with Crippen molar-refractivity contribution in [2.24, 2.45) is 5.92 Å². The maximum Gasteiger partial charge on any atom is 0.0217 e. The molecule has 0 bridgehead atoms. The van der Waals surface area contributed by atoms with Gasteiger partial charge in [0.1, 0.15) is 0 Å². The average molecular weight is 241 g/mol. The summed E-state index contributed by atoms with van der Waals surface area (Å²) in [6, 6.07) is 1.44. The molecule has 0 aliphatic carbocycles. The van der Waals surface area contributed by atoms with Crippen LogP contribution in [0.15, 0.2) is 0 Å². The molecule has 0 aromatic carbocycles. The number of likely N-dealkylation sites (N-methyl/N-ethyl adjacent to an activating group) is 1. The van der Waals surface area contributed by atoms with E-state index in [-0.39, 0.29) is 0 Å². The van der Waals surface area contributed by atoms with Crippen LogP contribution in [-0.2, 0) is 0 Å². The van der Waals surface area contributed by atoms with Crippen LogP contribution in [0.4, 0.5) is 0 Å². The molecule has 1 heterocycles. The lowest BCUT2D eigenvalue weighted by molar-refractivity contribution is 0.128. The summed E-state index contributed by atoms with van der Waals surface area (Å²) in [6.45, 7) is 11.7. The summed E-state index contributed by atoms with van der Waals surface area (Å²) in [5.74, 6) is 0.724. The molecule has 0 radical (unpaired) electrons. The zero-order chi connectivity index (χ0) is 12.8. The van der Waals surface area contributed by atoms with E-state index in [0.717, 1.165) is 18.5 Å². The monoisotopic (exact) mass is 241 g/mol. The first-order valence-electron chi connectivity index (χ1n) is 7.16. The summed E-state index contributed by atoms with van der Waals surface area (Å²) in [7, 11) is 4.41. The van der Waals surface area contributed by atoms with Gasteiger partial charge in [-0.1, -0.05) is 20.8 Å². The molecule has 1 unspecified atom stereocenters. The van der Waals surface area contributed by atoms with Gasteiger partial charge >= 0.3 is 0 Å². The van der Waals surface area contributed by atoms with E-state index < -0.39 is 0 Å². The largest absolute Gasteiger partial charge is 0.313 e. The second kappa shape index (κ2) is 7.34. The predicted molar refractivity (Wildman–Crippen MR) is 75.5 cm³/mol. The van der Waals surface area contributed by atoms with E-state index in [4.69, 9.17) is 0 Å². The molecule has 3 heteroatoms. The Kier molecular flexibility index (Phi) is 6.45. The van der Waals surface area contributed by atoms with E-state index in [2.05, 4.69) is 50.0 Å². The fourth-order valence-electron chi connectivity index (χ4n) is 2.67. The highest BCUT2D eigenvalue weighted by Gasteiger charge is 2.23. The molecule has 1 atom stereocenters. The Morgan fingerprint density at radius 3 is 2.24 bits per heavy atom. The summed E-state index contributed by atoms with van der Waals surface area (Å²) in [4.78, 5) is 5.01. The molecule has 1 saturated heterocycles. The van der Waals surface area contributed by atoms with E-state index in [1.165, 1.54) is 32.5 Å². The van der Waals surface area contributed by atoms with Crippen LogP contribution in [0.2, 0.25) is 0 Å². The van der Waals surface area contributed by atoms with Crippen LogP contribution in [-0.4, -0.2) is 62.2 Å². The van der Waals surface area contributed by atoms with Crippen LogP contribution in [0.5, 0.6) is 0 Å². The Bertz CT molecular complexity index is 196. The minimum Gasteiger partial charge on any atom is -0.313 e. The molecule has 1 aliphatic rings. The Balaban J connectivity index is 2.33. The van der Waals surface area contributed by atoms with Crippen LogP contribution < -0.4 is 5.32 Å². The summed E-state index contributed by atoms with van der Waals surface area (Å²) < 4.78 is 0. The van der Waals surface area contributed by atoms with Crippen molar-refractivity contribution >= 4 is 0 Å². The van der Waals surface area contributed by atoms with Crippen molar-refractivity contribution in [2.45, 2.75) is 45.7 Å². The van der Waals surface area contributed by atoms with Gasteiger partial charge in [-0.15, -0.1) is 0 Å². The van der Waals surface area contributed by atoms with Gasteiger partial charge in [-0.2, -0.15) is 0 Å². The maximum atomic E-state index is 3.61. The number of rotatable bonds is 6. The Morgan fingerprint density at radius 1 is 1.24 bits per heavy atom. The first kappa shape index (κ1) is 14.9. The van der Waals surface area contributed by atoms with Gasteiger partial charge in [-0.25, -0.2) is 0 Å².